The van der Waals surface area contributed by atoms with Crippen molar-refractivity contribution in [2.45, 2.75) is 120 Å². The molecule has 4 rings (SSSR count). The molecule has 3 fully saturated rings. The molecule has 2 aliphatic carbocycles. The Morgan fingerprint density at radius 1 is 1.11 bits per heavy atom. The molecule has 0 bridgehead atoms. The molecule has 6 N–H and O–H groups in total. The van der Waals surface area contributed by atoms with Crippen LogP contribution in [0.2, 0.25) is 0 Å². The Hall–Kier alpha value is -3.59. The number of primary amides is 1. The number of amides is 4. The lowest BCUT2D eigenvalue weighted by atomic mass is 9.78. The quantitative estimate of drug-likeness (QED) is 0.219. The average Bonchev–Trinajstić information content (AvgIpc) is 3.62. The Morgan fingerprint density at radius 2 is 1.75 bits per heavy atom. The van der Waals surface area contributed by atoms with Gasteiger partial charge in [-0.2, -0.15) is 0 Å². The summed E-state index contributed by atoms with van der Waals surface area (Å²) in [5.41, 5.74) is 2.79. The summed E-state index contributed by atoms with van der Waals surface area (Å²) in [4.78, 5) is 66.7. The number of aromatic nitrogens is 3. The van der Waals surface area contributed by atoms with Gasteiger partial charge in [0.1, 0.15) is 35.4 Å². The number of rotatable bonds is 11. The first-order valence-corrected chi connectivity index (χ1v) is 15.4. The summed E-state index contributed by atoms with van der Waals surface area (Å²) in [6.07, 6.45) is 6.44. The second-order valence-corrected chi connectivity index (χ2v) is 12.9. The van der Waals surface area contributed by atoms with Gasteiger partial charge in [0, 0.05) is 13.7 Å². The normalized spacial score (nSPS) is 24.8. The van der Waals surface area contributed by atoms with Crippen molar-refractivity contribution in [2.75, 3.05) is 13.7 Å². The number of hydrogen-bond donors (Lipinski definition) is 5. The second-order valence-electron chi connectivity index (χ2n) is 12.9. The number of nitrogens with zero attached hydrogens (tertiary/aromatic N) is 4. The van der Waals surface area contributed by atoms with Crippen LogP contribution in [-0.2, 0) is 29.5 Å². The molecule has 15 nitrogen and oxygen atoms in total. The third-order valence-corrected chi connectivity index (χ3v) is 9.37. The zero-order valence-electron chi connectivity index (χ0n) is 25.7. The van der Waals surface area contributed by atoms with Crippen LogP contribution in [0.25, 0.3) is 0 Å². The summed E-state index contributed by atoms with van der Waals surface area (Å²) < 4.78 is 7.24. The Balaban J connectivity index is 1.74. The predicted molar refractivity (Wildman–Crippen MR) is 155 cm³/mol. The molecule has 1 aromatic rings. The maximum atomic E-state index is 14.3. The van der Waals surface area contributed by atoms with Gasteiger partial charge in [-0.1, -0.05) is 56.6 Å². The number of ketones is 1. The van der Waals surface area contributed by atoms with Gasteiger partial charge in [-0.15, -0.1) is 5.10 Å². The standard InChI is InChI=1S/C29H45N7O8/c1-28(2,43)20-15-31-34-36(20)19-16-35(26(40)18(32-27(41)42)14-17-10-6-4-7-11-17)21(22(19)44-3)25(39)33-29(23(37)24(30)38)12-8-5-9-13-29/h15,17-19,21-22,32,43H,4-14,16H2,1-3H3,(H2,30,38)(H,33,39)(H,41,42)/t18-,19-,21+,22+/m1/s1. The molecule has 1 saturated heterocycles. The fourth-order valence-corrected chi connectivity index (χ4v) is 7.19. The summed E-state index contributed by atoms with van der Waals surface area (Å²) in [5.74, 6) is -3.30. The minimum atomic E-state index is -1.53. The third-order valence-electron chi connectivity index (χ3n) is 9.37. The topological polar surface area (TPSA) is 219 Å². The first kappa shape index (κ1) is 33.3. The van der Waals surface area contributed by atoms with Gasteiger partial charge >= 0.3 is 6.09 Å². The van der Waals surface area contributed by atoms with E-state index in [2.05, 4.69) is 20.9 Å². The Bertz CT molecular complexity index is 1230. The maximum absolute atomic E-state index is 14.3. The molecule has 1 aliphatic heterocycles. The highest BCUT2D eigenvalue weighted by Gasteiger charge is 2.54. The van der Waals surface area contributed by atoms with Gasteiger partial charge in [-0.25, -0.2) is 9.48 Å². The van der Waals surface area contributed by atoms with Crippen LogP contribution >= 0.6 is 0 Å². The van der Waals surface area contributed by atoms with E-state index in [0.717, 1.165) is 38.5 Å². The van der Waals surface area contributed by atoms with Crippen molar-refractivity contribution in [1.82, 2.24) is 30.5 Å². The summed E-state index contributed by atoms with van der Waals surface area (Å²) in [6.45, 7) is 2.97. The zero-order valence-corrected chi connectivity index (χ0v) is 25.7. The van der Waals surface area contributed by atoms with Gasteiger partial charge in [0.05, 0.1) is 11.9 Å². The Kier molecular flexibility index (Phi) is 10.3. The summed E-state index contributed by atoms with van der Waals surface area (Å²) in [5, 5.41) is 33.7. The maximum Gasteiger partial charge on any atom is 0.405 e. The van der Waals surface area contributed by atoms with Crippen molar-refractivity contribution >= 4 is 29.6 Å². The van der Waals surface area contributed by atoms with Crippen molar-refractivity contribution in [3.05, 3.63) is 11.9 Å². The van der Waals surface area contributed by atoms with Gasteiger partial charge in [0.15, 0.2) is 0 Å². The first-order chi connectivity index (χ1) is 20.8. The van der Waals surface area contributed by atoms with Crippen molar-refractivity contribution in [3.63, 3.8) is 0 Å². The molecule has 0 spiro atoms. The lowest BCUT2D eigenvalue weighted by Gasteiger charge is -2.38. The van der Waals surface area contributed by atoms with Crippen LogP contribution in [0.5, 0.6) is 0 Å². The average molecular weight is 620 g/mol. The Labute approximate surface area is 256 Å². The SMILES string of the molecule is CO[C@@H]1[C@@H](C(=O)NC2(C(=O)C(N)=O)CCCCC2)N(C(=O)[C@@H](CC2CCCCC2)NC(=O)O)C[C@H]1n1nncc1C(C)(C)O. The molecule has 4 amide bonds. The molecule has 244 valence electrons. The van der Waals surface area contributed by atoms with Gasteiger partial charge in [0.25, 0.3) is 5.91 Å². The van der Waals surface area contributed by atoms with E-state index in [1.54, 1.807) is 13.8 Å². The van der Waals surface area contributed by atoms with Gasteiger partial charge in [-0.3, -0.25) is 19.2 Å². The van der Waals surface area contributed by atoms with E-state index >= 15 is 0 Å². The van der Waals surface area contributed by atoms with Gasteiger partial charge < -0.3 is 36.2 Å². The lowest BCUT2D eigenvalue weighted by Crippen LogP contribution is -2.64. The van der Waals surface area contributed by atoms with Crippen LogP contribution in [0.4, 0.5) is 4.79 Å². The fourth-order valence-electron chi connectivity index (χ4n) is 7.19. The van der Waals surface area contributed by atoms with Crippen molar-refractivity contribution in [2.24, 2.45) is 11.7 Å². The molecule has 0 aromatic carbocycles. The van der Waals surface area contributed by atoms with Crippen LogP contribution in [0.15, 0.2) is 6.20 Å². The van der Waals surface area contributed by atoms with Crippen molar-refractivity contribution in [1.29, 1.82) is 0 Å². The monoisotopic (exact) mass is 619 g/mol. The molecule has 4 atom stereocenters. The van der Waals surface area contributed by atoms with E-state index in [4.69, 9.17) is 10.5 Å². The minimum Gasteiger partial charge on any atom is -0.465 e. The highest BCUT2D eigenvalue weighted by Crippen LogP contribution is 2.36. The molecule has 1 aromatic heterocycles. The molecule has 44 heavy (non-hydrogen) atoms. The Morgan fingerprint density at radius 3 is 2.32 bits per heavy atom. The fraction of sp³-hybridized carbons (Fsp3) is 0.759. The number of methoxy groups -OCH3 is 1. The number of carbonyl (C=O) groups is 5. The van der Waals surface area contributed by atoms with E-state index in [1.165, 1.54) is 22.9 Å². The van der Waals surface area contributed by atoms with Crippen LogP contribution < -0.4 is 16.4 Å². The number of Topliss-reactive ketones (excluding diaryl/α,β-unsaturated/α-hetero) is 1. The number of carbonyl (C=O) groups excluding carboxylic acids is 4. The van der Waals surface area contributed by atoms with Gasteiger partial charge in [0.2, 0.25) is 17.6 Å². The first-order valence-electron chi connectivity index (χ1n) is 15.4. The van der Waals surface area contributed by atoms with Crippen LogP contribution in [0.1, 0.15) is 96.2 Å². The number of ether oxygens (including phenoxy) is 1. The molecular formula is C29H45N7O8. The molecular weight excluding hydrogens is 574 g/mol. The van der Waals surface area contributed by atoms with E-state index in [9.17, 15) is 34.2 Å². The zero-order chi connectivity index (χ0) is 32.2. The van der Waals surface area contributed by atoms with E-state index in [1.807, 2.05) is 0 Å². The van der Waals surface area contributed by atoms with Crippen LogP contribution in [-0.4, -0.2) is 97.1 Å². The van der Waals surface area contributed by atoms with Gasteiger partial charge in [-0.05, 0) is 39.0 Å². The number of carboxylic acid groups (broad SMARTS) is 1. The molecule has 3 aliphatic rings. The highest BCUT2D eigenvalue weighted by molar-refractivity contribution is 6.39. The summed E-state index contributed by atoms with van der Waals surface area (Å²) in [6, 6.07) is -3.28. The number of aliphatic hydroxyl groups is 1. The van der Waals surface area contributed by atoms with E-state index in [-0.39, 0.29) is 31.7 Å². The number of likely N-dealkylation sites (tertiary alicyclic amines) is 1. The predicted octanol–water partition coefficient (Wildman–Crippen LogP) is 0.753. The van der Waals surface area contributed by atoms with Crippen LogP contribution in [0, 0.1) is 5.92 Å². The number of hydrogen-bond acceptors (Lipinski definition) is 9. The van der Waals surface area contributed by atoms with E-state index < -0.39 is 65.0 Å². The molecule has 2 saturated carbocycles. The van der Waals surface area contributed by atoms with Crippen molar-refractivity contribution in [3.8, 4) is 0 Å². The van der Waals surface area contributed by atoms with Crippen molar-refractivity contribution < 1.29 is 38.9 Å². The number of nitrogens with one attached hydrogen (secondary N) is 2. The smallest absolute Gasteiger partial charge is 0.405 e. The minimum absolute atomic E-state index is 0.124. The highest BCUT2D eigenvalue weighted by atomic mass is 16.5. The molecule has 2 heterocycles. The van der Waals surface area contributed by atoms with Crippen LogP contribution in [0.3, 0.4) is 0 Å². The lowest BCUT2D eigenvalue weighted by molar-refractivity contribution is -0.147. The summed E-state index contributed by atoms with van der Waals surface area (Å²) in [7, 11) is 1.37. The molecule has 0 radical (unpaired) electrons. The third kappa shape index (κ3) is 7.04. The second kappa shape index (κ2) is 13.6. The summed E-state index contributed by atoms with van der Waals surface area (Å²) >= 11 is 0. The van der Waals surface area contributed by atoms with E-state index in [0.29, 0.717) is 18.5 Å². The molecule has 15 heteroatoms. The largest absolute Gasteiger partial charge is 0.465 e. The molecule has 0 unspecified atom stereocenters. The number of nitrogens with two attached hydrogens (primary N) is 1.